The van der Waals surface area contributed by atoms with Gasteiger partial charge in [0, 0.05) is 19.2 Å². The van der Waals surface area contributed by atoms with Crippen molar-refractivity contribution < 1.29 is 17.2 Å². The van der Waals surface area contributed by atoms with Crippen LogP contribution < -0.4 is 5.73 Å². The van der Waals surface area contributed by atoms with Gasteiger partial charge >= 0.3 is 0 Å². The molecule has 1 aliphatic heterocycles. The molecule has 0 aromatic heterocycles. The van der Waals surface area contributed by atoms with Gasteiger partial charge in [0.15, 0.2) is 0 Å². The number of rotatable bonds is 3. The number of nitrogens with zero attached hydrogens (tertiary/aromatic N) is 1. The van der Waals surface area contributed by atoms with Crippen molar-refractivity contribution in [3.05, 3.63) is 29.8 Å². The Bertz CT molecular complexity index is 548. The normalized spacial score (nSPS) is 20.4. The Balaban J connectivity index is 0.00000200. The largest absolute Gasteiger partial charge is 0.330 e. The molecule has 0 radical (unpaired) electrons. The van der Waals surface area contributed by atoms with Crippen LogP contribution in [0, 0.1) is 17.6 Å². The van der Waals surface area contributed by atoms with Crippen molar-refractivity contribution in [2.45, 2.75) is 17.7 Å². The van der Waals surface area contributed by atoms with Gasteiger partial charge in [-0.05, 0) is 37.4 Å². The molecule has 0 bridgehead atoms. The lowest BCUT2D eigenvalue weighted by Crippen LogP contribution is -2.42. The Morgan fingerprint density at radius 2 is 1.85 bits per heavy atom. The van der Waals surface area contributed by atoms with Crippen LogP contribution in [0.15, 0.2) is 23.1 Å². The third-order valence-electron chi connectivity index (χ3n) is 3.29. The summed E-state index contributed by atoms with van der Waals surface area (Å²) in [7, 11) is -3.85. The van der Waals surface area contributed by atoms with Gasteiger partial charge in [-0.15, -0.1) is 12.4 Å². The summed E-state index contributed by atoms with van der Waals surface area (Å²) in [6, 6.07) is 2.33. The van der Waals surface area contributed by atoms with Gasteiger partial charge in [-0.25, -0.2) is 17.2 Å². The molecule has 1 fully saturated rings. The summed E-state index contributed by atoms with van der Waals surface area (Å²) in [5, 5.41) is 0. The van der Waals surface area contributed by atoms with Crippen LogP contribution in [0.25, 0.3) is 0 Å². The molecule has 0 aliphatic carbocycles. The lowest BCUT2D eigenvalue weighted by atomic mass is 10.0. The van der Waals surface area contributed by atoms with E-state index in [9.17, 15) is 17.2 Å². The number of nitrogens with two attached hydrogens (primary N) is 1. The number of piperidine rings is 1. The standard InChI is InChI=1S/C12H16F2N2O2S.ClH/c13-10-4-11(14)6-12(5-10)19(17,18)16-3-1-2-9(7-15)8-16;/h4-6,9H,1-3,7-8,15H2;1H. The molecular formula is C12H17ClF2N2O2S. The zero-order valence-corrected chi connectivity index (χ0v) is 12.4. The van der Waals surface area contributed by atoms with Crippen LogP contribution >= 0.6 is 12.4 Å². The lowest BCUT2D eigenvalue weighted by Gasteiger charge is -2.31. The van der Waals surface area contributed by atoms with E-state index in [0.29, 0.717) is 32.1 Å². The minimum atomic E-state index is -3.85. The lowest BCUT2D eigenvalue weighted by molar-refractivity contribution is 0.271. The molecule has 2 rings (SSSR count). The monoisotopic (exact) mass is 326 g/mol. The highest BCUT2D eigenvalue weighted by molar-refractivity contribution is 7.89. The maximum absolute atomic E-state index is 13.1. The second kappa shape index (κ2) is 6.80. The summed E-state index contributed by atoms with van der Waals surface area (Å²) in [5.41, 5.74) is 5.55. The van der Waals surface area contributed by atoms with E-state index in [0.717, 1.165) is 18.6 Å². The Morgan fingerprint density at radius 1 is 1.25 bits per heavy atom. The smallest absolute Gasteiger partial charge is 0.243 e. The summed E-state index contributed by atoms with van der Waals surface area (Å²) >= 11 is 0. The molecule has 1 heterocycles. The summed E-state index contributed by atoms with van der Waals surface area (Å²) in [4.78, 5) is -0.345. The van der Waals surface area contributed by atoms with Gasteiger partial charge in [0.2, 0.25) is 10.0 Å². The molecule has 1 aliphatic rings. The minimum absolute atomic E-state index is 0. The zero-order chi connectivity index (χ0) is 14.0. The predicted molar refractivity (Wildman–Crippen MR) is 74.1 cm³/mol. The highest BCUT2D eigenvalue weighted by Crippen LogP contribution is 2.24. The van der Waals surface area contributed by atoms with Crippen molar-refractivity contribution in [3.63, 3.8) is 0 Å². The highest BCUT2D eigenvalue weighted by atomic mass is 35.5. The third-order valence-corrected chi connectivity index (χ3v) is 5.13. The fourth-order valence-corrected chi connectivity index (χ4v) is 3.86. The molecule has 0 saturated carbocycles. The van der Waals surface area contributed by atoms with E-state index in [4.69, 9.17) is 5.73 Å². The highest BCUT2D eigenvalue weighted by Gasteiger charge is 2.30. The van der Waals surface area contributed by atoms with Crippen LogP contribution in [0.3, 0.4) is 0 Å². The minimum Gasteiger partial charge on any atom is -0.330 e. The first-order valence-corrected chi connectivity index (χ1v) is 7.54. The molecule has 8 heteroatoms. The first kappa shape index (κ1) is 17.3. The van der Waals surface area contributed by atoms with E-state index in [1.807, 2.05) is 0 Å². The van der Waals surface area contributed by atoms with Gasteiger partial charge in [-0.3, -0.25) is 0 Å². The molecule has 2 N–H and O–H groups in total. The molecule has 20 heavy (non-hydrogen) atoms. The summed E-state index contributed by atoms with van der Waals surface area (Å²) in [5.74, 6) is -1.70. The molecule has 1 atom stereocenters. The van der Waals surface area contributed by atoms with Gasteiger partial charge in [0.05, 0.1) is 4.90 Å². The van der Waals surface area contributed by atoms with Crippen molar-refractivity contribution in [2.24, 2.45) is 11.7 Å². The SMILES string of the molecule is Cl.NCC1CCCN(S(=O)(=O)c2cc(F)cc(F)c2)C1. The Labute approximate surface area is 123 Å². The molecule has 1 unspecified atom stereocenters. The topological polar surface area (TPSA) is 63.4 Å². The second-order valence-corrected chi connectivity index (χ2v) is 6.65. The number of benzene rings is 1. The van der Waals surface area contributed by atoms with Gasteiger partial charge in [0.1, 0.15) is 11.6 Å². The Kier molecular flexibility index (Phi) is 5.88. The van der Waals surface area contributed by atoms with Gasteiger partial charge in [-0.1, -0.05) is 0 Å². The van der Waals surface area contributed by atoms with Crippen molar-refractivity contribution in [1.29, 1.82) is 0 Å². The average molecular weight is 327 g/mol. The maximum atomic E-state index is 13.1. The Hall–Kier alpha value is -0.760. The van der Waals surface area contributed by atoms with E-state index in [2.05, 4.69) is 0 Å². The quantitative estimate of drug-likeness (QED) is 0.920. The van der Waals surface area contributed by atoms with Gasteiger partial charge < -0.3 is 5.73 Å². The van der Waals surface area contributed by atoms with Crippen molar-refractivity contribution in [3.8, 4) is 0 Å². The van der Waals surface area contributed by atoms with Gasteiger partial charge in [-0.2, -0.15) is 4.31 Å². The van der Waals surface area contributed by atoms with E-state index < -0.39 is 21.7 Å². The summed E-state index contributed by atoms with van der Waals surface area (Å²) < 4.78 is 52.1. The number of halogens is 3. The fourth-order valence-electron chi connectivity index (χ4n) is 2.26. The second-order valence-electron chi connectivity index (χ2n) is 4.71. The Morgan fingerprint density at radius 3 is 2.40 bits per heavy atom. The third kappa shape index (κ3) is 3.66. The van der Waals surface area contributed by atoms with E-state index in [1.165, 1.54) is 4.31 Å². The predicted octanol–water partition coefficient (Wildman–Crippen LogP) is 1.75. The molecule has 4 nitrogen and oxygen atoms in total. The van der Waals surface area contributed by atoms with Crippen LogP contribution in [0.1, 0.15) is 12.8 Å². The van der Waals surface area contributed by atoms with Crippen LogP contribution in [-0.4, -0.2) is 32.4 Å². The number of hydrogen-bond acceptors (Lipinski definition) is 3. The molecule has 1 aromatic carbocycles. The summed E-state index contributed by atoms with van der Waals surface area (Å²) in [6.07, 6.45) is 1.58. The number of sulfonamides is 1. The van der Waals surface area contributed by atoms with E-state index in [1.54, 1.807) is 0 Å². The molecule has 1 aromatic rings. The van der Waals surface area contributed by atoms with Crippen LogP contribution in [0.4, 0.5) is 8.78 Å². The van der Waals surface area contributed by atoms with E-state index >= 15 is 0 Å². The molecular weight excluding hydrogens is 310 g/mol. The van der Waals surface area contributed by atoms with Crippen LogP contribution in [-0.2, 0) is 10.0 Å². The first-order valence-electron chi connectivity index (χ1n) is 6.10. The summed E-state index contributed by atoms with van der Waals surface area (Å²) in [6.45, 7) is 1.07. The molecule has 0 spiro atoms. The average Bonchev–Trinajstić information content (AvgIpc) is 2.37. The molecule has 0 amide bonds. The first-order chi connectivity index (χ1) is 8.93. The van der Waals surface area contributed by atoms with E-state index in [-0.39, 0.29) is 23.2 Å². The van der Waals surface area contributed by atoms with Crippen LogP contribution in [0.2, 0.25) is 0 Å². The zero-order valence-electron chi connectivity index (χ0n) is 10.8. The van der Waals surface area contributed by atoms with Crippen molar-refractivity contribution in [1.82, 2.24) is 4.31 Å². The van der Waals surface area contributed by atoms with Crippen molar-refractivity contribution in [2.75, 3.05) is 19.6 Å². The molecule has 114 valence electrons. The van der Waals surface area contributed by atoms with Crippen LogP contribution in [0.5, 0.6) is 0 Å². The van der Waals surface area contributed by atoms with Gasteiger partial charge in [0.25, 0.3) is 0 Å². The fraction of sp³-hybridized carbons (Fsp3) is 0.500. The van der Waals surface area contributed by atoms with Crippen molar-refractivity contribution >= 4 is 22.4 Å². The number of hydrogen-bond donors (Lipinski definition) is 1. The molecule has 1 saturated heterocycles. The maximum Gasteiger partial charge on any atom is 0.243 e.